The number of rotatable bonds is 3. The summed E-state index contributed by atoms with van der Waals surface area (Å²) in [5, 5.41) is 5.93. The van der Waals surface area contributed by atoms with E-state index in [0.717, 1.165) is 34.7 Å². The molecule has 0 bridgehead atoms. The number of nitrogens with zero attached hydrogens (tertiary/aromatic N) is 2. The first kappa shape index (κ1) is 12.9. The number of ether oxygens (including phenoxy) is 2. The predicted molar refractivity (Wildman–Crippen MR) is 80.8 cm³/mol. The van der Waals surface area contributed by atoms with E-state index in [2.05, 4.69) is 5.10 Å². The molecular weight excluding hydrogens is 280 g/mol. The van der Waals surface area contributed by atoms with E-state index in [9.17, 15) is 4.79 Å². The number of hydrazone groups is 1. The van der Waals surface area contributed by atoms with Gasteiger partial charge in [0.2, 0.25) is 13.2 Å². The molecular formula is C17H14N2O3. The predicted octanol–water partition coefficient (Wildman–Crippen LogP) is 2.72. The number of hydrogen-bond acceptors (Lipinski definition) is 4. The van der Waals surface area contributed by atoms with Crippen LogP contribution < -0.4 is 9.47 Å². The van der Waals surface area contributed by atoms with E-state index in [-0.39, 0.29) is 12.8 Å². The zero-order chi connectivity index (χ0) is 14.9. The number of hydrogen-bond donors (Lipinski definition) is 0. The molecule has 1 atom stereocenters. The second-order valence-corrected chi connectivity index (χ2v) is 5.23. The average Bonchev–Trinajstić information content (AvgIpc) is 3.21. The molecule has 1 unspecified atom stereocenters. The molecule has 1 amide bonds. The van der Waals surface area contributed by atoms with Crippen LogP contribution in [0.4, 0.5) is 0 Å². The molecule has 0 saturated heterocycles. The maximum absolute atomic E-state index is 11.3. The molecule has 0 N–H and O–H groups in total. The topological polar surface area (TPSA) is 51.1 Å². The zero-order valence-corrected chi connectivity index (χ0v) is 11.8. The van der Waals surface area contributed by atoms with Crippen LogP contribution in [0.15, 0.2) is 53.6 Å². The Morgan fingerprint density at radius 3 is 2.73 bits per heavy atom. The number of fused-ring (bicyclic) bond motifs is 1. The molecule has 2 aliphatic rings. The molecule has 2 aromatic rings. The van der Waals surface area contributed by atoms with Gasteiger partial charge in [0, 0.05) is 12.0 Å². The Bertz CT molecular complexity index is 743. The second-order valence-electron chi connectivity index (χ2n) is 5.23. The molecule has 0 aromatic heterocycles. The fourth-order valence-corrected chi connectivity index (χ4v) is 2.82. The van der Waals surface area contributed by atoms with Crippen LogP contribution in [0.2, 0.25) is 0 Å². The van der Waals surface area contributed by atoms with Crippen molar-refractivity contribution in [2.24, 2.45) is 5.10 Å². The smallest absolute Gasteiger partial charge is 0.231 e. The van der Waals surface area contributed by atoms with Crippen molar-refractivity contribution in [1.29, 1.82) is 0 Å². The molecule has 0 radical (unpaired) electrons. The van der Waals surface area contributed by atoms with Gasteiger partial charge in [-0.25, -0.2) is 5.01 Å². The maximum atomic E-state index is 11.3. The summed E-state index contributed by atoms with van der Waals surface area (Å²) in [7, 11) is 0. The Hall–Kier alpha value is -2.82. The van der Waals surface area contributed by atoms with E-state index in [1.54, 1.807) is 0 Å². The first-order chi connectivity index (χ1) is 10.8. The third kappa shape index (κ3) is 2.11. The normalized spacial score (nSPS) is 19.2. The van der Waals surface area contributed by atoms with E-state index in [0.29, 0.717) is 6.42 Å². The molecule has 2 aliphatic heterocycles. The largest absolute Gasteiger partial charge is 0.454 e. The summed E-state index contributed by atoms with van der Waals surface area (Å²) >= 11 is 0. The van der Waals surface area contributed by atoms with Crippen LogP contribution in [0, 0.1) is 0 Å². The van der Waals surface area contributed by atoms with E-state index in [1.807, 2.05) is 48.5 Å². The van der Waals surface area contributed by atoms with Crippen molar-refractivity contribution >= 4 is 12.1 Å². The van der Waals surface area contributed by atoms with Gasteiger partial charge in [-0.2, -0.15) is 5.10 Å². The molecule has 0 fully saturated rings. The van der Waals surface area contributed by atoms with E-state index < -0.39 is 0 Å². The first-order valence-corrected chi connectivity index (χ1v) is 7.11. The highest BCUT2D eigenvalue weighted by Gasteiger charge is 2.29. The van der Waals surface area contributed by atoms with Crippen molar-refractivity contribution in [3.05, 3.63) is 59.7 Å². The highest BCUT2D eigenvalue weighted by Crippen LogP contribution is 2.36. The molecule has 5 heteroatoms. The minimum Gasteiger partial charge on any atom is -0.454 e. The Kier molecular flexibility index (Phi) is 3.04. The Balaban J connectivity index is 1.65. The van der Waals surface area contributed by atoms with Crippen LogP contribution in [0.5, 0.6) is 11.5 Å². The Labute approximate surface area is 127 Å². The molecule has 2 aromatic carbocycles. The minimum atomic E-state index is -0.0564. The third-order valence-corrected chi connectivity index (χ3v) is 3.94. The van der Waals surface area contributed by atoms with Crippen molar-refractivity contribution < 1.29 is 14.3 Å². The van der Waals surface area contributed by atoms with E-state index in [4.69, 9.17) is 9.47 Å². The van der Waals surface area contributed by atoms with Crippen LogP contribution in [-0.2, 0) is 4.79 Å². The summed E-state index contributed by atoms with van der Waals surface area (Å²) in [4.78, 5) is 11.3. The lowest BCUT2D eigenvalue weighted by molar-refractivity contribution is -0.119. The molecule has 5 nitrogen and oxygen atoms in total. The van der Waals surface area contributed by atoms with Gasteiger partial charge < -0.3 is 9.47 Å². The van der Waals surface area contributed by atoms with Gasteiger partial charge in [0.15, 0.2) is 11.5 Å². The molecule has 4 rings (SSSR count). The summed E-state index contributed by atoms with van der Waals surface area (Å²) in [5.74, 6) is 1.47. The lowest BCUT2D eigenvalue weighted by Gasteiger charge is -2.16. The highest BCUT2D eigenvalue weighted by molar-refractivity contribution is 6.03. The standard InChI is InChI=1S/C17H14N2O3/c20-10-19-15(12-4-2-1-3-5-12)9-14(18-19)13-6-7-16-17(8-13)22-11-21-16/h1-8,10,15H,9,11H2. The van der Waals surface area contributed by atoms with Crippen LogP contribution in [-0.4, -0.2) is 23.9 Å². The molecule has 110 valence electrons. The molecule has 0 spiro atoms. The zero-order valence-electron chi connectivity index (χ0n) is 11.8. The number of amides is 1. The molecule has 0 aliphatic carbocycles. The minimum absolute atomic E-state index is 0.0564. The SMILES string of the molecule is O=CN1N=C(c2ccc3c(c2)OCO3)CC1c1ccccc1. The maximum Gasteiger partial charge on any atom is 0.231 e. The Morgan fingerprint density at radius 2 is 1.91 bits per heavy atom. The van der Waals surface area contributed by atoms with Crippen molar-refractivity contribution in [2.45, 2.75) is 12.5 Å². The van der Waals surface area contributed by atoms with Crippen molar-refractivity contribution in [2.75, 3.05) is 6.79 Å². The highest BCUT2D eigenvalue weighted by atomic mass is 16.7. The van der Waals surface area contributed by atoms with Crippen molar-refractivity contribution in [3.63, 3.8) is 0 Å². The summed E-state index contributed by atoms with van der Waals surface area (Å²) < 4.78 is 10.7. The molecule has 22 heavy (non-hydrogen) atoms. The third-order valence-electron chi connectivity index (χ3n) is 3.94. The van der Waals surface area contributed by atoms with Gasteiger partial charge in [-0.05, 0) is 23.8 Å². The van der Waals surface area contributed by atoms with E-state index >= 15 is 0 Å². The average molecular weight is 294 g/mol. The van der Waals surface area contributed by atoms with Crippen LogP contribution in [0.1, 0.15) is 23.6 Å². The summed E-state index contributed by atoms with van der Waals surface area (Å²) in [5.41, 5.74) is 2.91. The van der Waals surface area contributed by atoms with Crippen LogP contribution in [0.25, 0.3) is 0 Å². The lowest BCUT2D eigenvalue weighted by atomic mass is 9.98. The number of carbonyl (C=O) groups is 1. The Morgan fingerprint density at radius 1 is 1.09 bits per heavy atom. The fraction of sp³-hybridized carbons (Fsp3) is 0.176. The van der Waals surface area contributed by atoms with Crippen LogP contribution >= 0.6 is 0 Å². The molecule has 2 heterocycles. The first-order valence-electron chi connectivity index (χ1n) is 7.11. The number of carbonyl (C=O) groups excluding carboxylic acids is 1. The van der Waals surface area contributed by atoms with Gasteiger partial charge >= 0.3 is 0 Å². The van der Waals surface area contributed by atoms with Gasteiger partial charge in [0.1, 0.15) is 0 Å². The fourth-order valence-electron chi connectivity index (χ4n) is 2.82. The summed E-state index contributed by atoms with van der Waals surface area (Å²) in [6, 6.07) is 15.6. The van der Waals surface area contributed by atoms with Crippen molar-refractivity contribution in [1.82, 2.24) is 5.01 Å². The van der Waals surface area contributed by atoms with Gasteiger partial charge in [-0.1, -0.05) is 30.3 Å². The summed E-state index contributed by atoms with van der Waals surface area (Å²) in [6.45, 7) is 0.248. The second kappa shape index (κ2) is 5.18. The van der Waals surface area contributed by atoms with E-state index in [1.165, 1.54) is 5.01 Å². The monoisotopic (exact) mass is 294 g/mol. The van der Waals surface area contributed by atoms with Gasteiger partial charge in [0.05, 0.1) is 11.8 Å². The van der Waals surface area contributed by atoms with Crippen molar-refractivity contribution in [3.8, 4) is 11.5 Å². The summed E-state index contributed by atoms with van der Waals surface area (Å²) in [6.07, 6.45) is 1.46. The lowest BCUT2D eigenvalue weighted by Crippen LogP contribution is -2.17. The number of benzene rings is 2. The van der Waals surface area contributed by atoms with Gasteiger partial charge in [0.25, 0.3) is 0 Å². The quantitative estimate of drug-likeness (QED) is 0.818. The molecule has 0 saturated carbocycles. The van der Waals surface area contributed by atoms with Gasteiger partial charge in [-0.15, -0.1) is 0 Å². The van der Waals surface area contributed by atoms with Crippen LogP contribution in [0.3, 0.4) is 0 Å². The van der Waals surface area contributed by atoms with Gasteiger partial charge in [-0.3, -0.25) is 4.79 Å².